The standard InChI is InChI=1S/C9H9ClN2/c1-2-4-11-7-8-3-5-12-9(10)6-8/h1,3,5-6,11H,4,7H2. The van der Waals surface area contributed by atoms with Gasteiger partial charge in [0.15, 0.2) is 0 Å². The number of rotatable bonds is 3. The van der Waals surface area contributed by atoms with Crippen LogP contribution in [0, 0.1) is 12.3 Å². The smallest absolute Gasteiger partial charge is 0.129 e. The predicted molar refractivity (Wildman–Crippen MR) is 49.8 cm³/mol. The Morgan fingerprint density at radius 2 is 2.50 bits per heavy atom. The molecule has 0 radical (unpaired) electrons. The quantitative estimate of drug-likeness (QED) is 0.433. The summed E-state index contributed by atoms with van der Waals surface area (Å²) in [5, 5.41) is 3.57. The maximum absolute atomic E-state index is 5.68. The molecule has 1 N–H and O–H groups in total. The zero-order valence-corrected chi connectivity index (χ0v) is 7.30. The third-order valence-electron chi connectivity index (χ3n) is 1.35. The Morgan fingerprint density at radius 3 is 3.17 bits per heavy atom. The van der Waals surface area contributed by atoms with Crippen molar-refractivity contribution in [3.8, 4) is 12.3 Å². The number of nitrogens with zero attached hydrogens (tertiary/aromatic N) is 1. The summed E-state index contributed by atoms with van der Waals surface area (Å²) < 4.78 is 0. The summed E-state index contributed by atoms with van der Waals surface area (Å²) in [5.74, 6) is 2.49. The maximum atomic E-state index is 5.68. The van der Waals surface area contributed by atoms with E-state index < -0.39 is 0 Å². The summed E-state index contributed by atoms with van der Waals surface area (Å²) in [6.07, 6.45) is 6.75. The number of hydrogen-bond acceptors (Lipinski definition) is 2. The van der Waals surface area contributed by atoms with Crippen molar-refractivity contribution in [1.29, 1.82) is 0 Å². The SMILES string of the molecule is C#CCNCc1ccnc(Cl)c1. The molecule has 0 aliphatic heterocycles. The molecule has 0 amide bonds. The summed E-state index contributed by atoms with van der Waals surface area (Å²) >= 11 is 5.68. The van der Waals surface area contributed by atoms with E-state index in [0.717, 1.165) is 12.1 Å². The highest BCUT2D eigenvalue weighted by Gasteiger charge is 1.92. The number of halogens is 1. The van der Waals surface area contributed by atoms with Gasteiger partial charge in [-0.25, -0.2) is 4.98 Å². The zero-order valence-electron chi connectivity index (χ0n) is 6.55. The van der Waals surface area contributed by atoms with Crippen molar-refractivity contribution in [3.63, 3.8) is 0 Å². The lowest BCUT2D eigenvalue weighted by Crippen LogP contribution is -2.12. The molecule has 1 rings (SSSR count). The normalized spacial score (nSPS) is 9.33. The predicted octanol–water partition coefficient (Wildman–Crippen LogP) is 1.46. The first-order valence-corrected chi connectivity index (χ1v) is 3.95. The van der Waals surface area contributed by atoms with E-state index in [-0.39, 0.29) is 0 Å². The van der Waals surface area contributed by atoms with Crippen molar-refractivity contribution in [2.75, 3.05) is 6.54 Å². The van der Waals surface area contributed by atoms with E-state index in [4.69, 9.17) is 18.0 Å². The maximum Gasteiger partial charge on any atom is 0.129 e. The molecule has 0 fully saturated rings. The number of nitrogens with one attached hydrogen (secondary N) is 1. The van der Waals surface area contributed by atoms with Crippen molar-refractivity contribution in [2.24, 2.45) is 0 Å². The van der Waals surface area contributed by atoms with Crippen LogP contribution in [0.2, 0.25) is 5.15 Å². The fourth-order valence-corrected chi connectivity index (χ4v) is 1.03. The lowest BCUT2D eigenvalue weighted by atomic mass is 10.3. The van der Waals surface area contributed by atoms with E-state index in [1.807, 2.05) is 12.1 Å². The van der Waals surface area contributed by atoms with E-state index in [2.05, 4.69) is 16.2 Å². The van der Waals surface area contributed by atoms with Crippen LogP contribution in [-0.4, -0.2) is 11.5 Å². The van der Waals surface area contributed by atoms with Gasteiger partial charge in [-0.2, -0.15) is 0 Å². The number of terminal acetylenes is 1. The fraction of sp³-hybridized carbons (Fsp3) is 0.222. The van der Waals surface area contributed by atoms with Gasteiger partial charge in [-0.05, 0) is 17.7 Å². The minimum absolute atomic E-state index is 0.509. The topological polar surface area (TPSA) is 24.9 Å². The van der Waals surface area contributed by atoms with Crippen LogP contribution >= 0.6 is 11.6 Å². The highest BCUT2D eigenvalue weighted by molar-refractivity contribution is 6.29. The van der Waals surface area contributed by atoms with Crippen LogP contribution in [0.5, 0.6) is 0 Å². The Hall–Kier alpha value is -1.04. The largest absolute Gasteiger partial charge is 0.302 e. The Labute approximate surface area is 77.0 Å². The lowest BCUT2D eigenvalue weighted by Gasteiger charge is -2.00. The van der Waals surface area contributed by atoms with E-state index in [0.29, 0.717) is 11.7 Å². The van der Waals surface area contributed by atoms with Gasteiger partial charge in [0, 0.05) is 12.7 Å². The summed E-state index contributed by atoms with van der Waals surface area (Å²) in [7, 11) is 0. The van der Waals surface area contributed by atoms with Crippen molar-refractivity contribution >= 4 is 11.6 Å². The summed E-state index contributed by atoms with van der Waals surface area (Å²) in [5.41, 5.74) is 1.09. The van der Waals surface area contributed by atoms with E-state index in [1.165, 1.54) is 0 Å². The van der Waals surface area contributed by atoms with Crippen LogP contribution < -0.4 is 5.32 Å². The Kier molecular flexibility index (Phi) is 3.59. The first kappa shape index (κ1) is 9.05. The van der Waals surface area contributed by atoms with Crippen LogP contribution in [-0.2, 0) is 6.54 Å². The second-order valence-corrected chi connectivity index (χ2v) is 2.68. The van der Waals surface area contributed by atoms with Crippen LogP contribution in [0.1, 0.15) is 5.56 Å². The molecule has 2 nitrogen and oxygen atoms in total. The van der Waals surface area contributed by atoms with Gasteiger partial charge in [-0.3, -0.25) is 0 Å². The number of hydrogen-bond donors (Lipinski definition) is 1. The molecule has 0 saturated carbocycles. The molecule has 0 atom stereocenters. The van der Waals surface area contributed by atoms with Crippen LogP contribution in [0.3, 0.4) is 0 Å². The van der Waals surface area contributed by atoms with Gasteiger partial charge in [0.1, 0.15) is 5.15 Å². The molecule has 0 bridgehead atoms. The van der Waals surface area contributed by atoms with Gasteiger partial charge >= 0.3 is 0 Å². The van der Waals surface area contributed by atoms with Crippen LogP contribution in [0.4, 0.5) is 0 Å². The minimum Gasteiger partial charge on any atom is -0.302 e. The van der Waals surface area contributed by atoms with Gasteiger partial charge in [0.2, 0.25) is 0 Å². The lowest BCUT2D eigenvalue weighted by molar-refractivity contribution is 0.769. The number of pyridine rings is 1. The van der Waals surface area contributed by atoms with E-state index in [9.17, 15) is 0 Å². The Morgan fingerprint density at radius 1 is 1.67 bits per heavy atom. The van der Waals surface area contributed by atoms with Gasteiger partial charge in [0.05, 0.1) is 6.54 Å². The summed E-state index contributed by atoms with van der Waals surface area (Å²) in [4.78, 5) is 3.87. The molecular weight excluding hydrogens is 172 g/mol. The monoisotopic (exact) mass is 180 g/mol. The Bertz CT molecular complexity index is 291. The number of aromatic nitrogens is 1. The van der Waals surface area contributed by atoms with Crippen molar-refractivity contribution in [1.82, 2.24) is 10.3 Å². The van der Waals surface area contributed by atoms with Crippen LogP contribution in [0.15, 0.2) is 18.3 Å². The molecule has 0 saturated heterocycles. The molecular formula is C9H9ClN2. The highest BCUT2D eigenvalue weighted by Crippen LogP contribution is 2.05. The van der Waals surface area contributed by atoms with Crippen molar-refractivity contribution < 1.29 is 0 Å². The average Bonchev–Trinajstić information content (AvgIpc) is 2.05. The molecule has 12 heavy (non-hydrogen) atoms. The van der Waals surface area contributed by atoms with E-state index >= 15 is 0 Å². The molecule has 1 heterocycles. The molecule has 62 valence electrons. The van der Waals surface area contributed by atoms with Gasteiger partial charge in [-0.15, -0.1) is 6.42 Å². The summed E-state index contributed by atoms with van der Waals surface area (Å²) in [6.45, 7) is 1.30. The first-order chi connectivity index (χ1) is 5.83. The van der Waals surface area contributed by atoms with Gasteiger partial charge in [0.25, 0.3) is 0 Å². The average molecular weight is 181 g/mol. The molecule has 0 aromatic carbocycles. The third kappa shape index (κ3) is 2.91. The third-order valence-corrected chi connectivity index (χ3v) is 1.55. The molecule has 1 aromatic rings. The molecule has 0 aliphatic carbocycles. The second-order valence-electron chi connectivity index (χ2n) is 2.29. The van der Waals surface area contributed by atoms with Gasteiger partial charge < -0.3 is 5.32 Å². The molecule has 0 unspecified atom stereocenters. The van der Waals surface area contributed by atoms with Crippen LogP contribution in [0.25, 0.3) is 0 Å². The highest BCUT2D eigenvalue weighted by atomic mass is 35.5. The summed E-state index contributed by atoms with van der Waals surface area (Å²) in [6, 6.07) is 3.71. The Balaban J connectivity index is 2.48. The van der Waals surface area contributed by atoms with E-state index in [1.54, 1.807) is 6.20 Å². The van der Waals surface area contributed by atoms with Crippen molar-refractivity contribution in [3.05, 3.63) is 29.0 Å². The second kappa shape index (κ2) is 4.76. The fourth-order valence-electron chi connectivity index (χ4n) is 0.832. The first-order valence-electron chi connectivity index (χ1n) is 3.57. The van der Waals surface area contributed by atoms with Crippen molar-refractivity contribution in [2.45, 2.75) is 6.54 Å². The minimum atomic E-state index is 0.509. The molecule has 0 spiro atoms. The molecule has 0 aliphatic rings. The molecule has 3 heteroatoms. The van der Waals surface area contributed by atoms with Gasteiger partial charge in [-0.1, -0.05) is 17.5 Å². The zero-order chi connectivity index (χ0) is 8.81. The molecule has 1 aromatic heterocycles.